The summed E-state index contributed by atoms with van der Waals surface area (Å²) in [6.45, 7) is 0.714. The fraction of sp³-hybridized carbons (Fsp3) is 0.200. The first-order valence-electron chi connectivity index (χ1n) is 8.39. The van der Waals surface area contributed by atoms with Crippen molar-refractivity contribution in [3.63, 3.8) is 0 Å². The minimum atomic E-state index is -0.831. The monoisotopic (exact) mass is 351 g/mol. The summed E-state index contributed by atoms with van der Waals surface area (Å²) in [4.78, 5) is 22.9. The summed E-state index contributed by atoms with van der Waals surface area (Å²) in [5.41, 5.74) is 4.00. The van der Waals surface area contributed by atoms with Crippen LogP contribution < -0.4 is 10.1 Å². The standard InChI is InChI=1S/C20H17NO5/c22-17(23)6-3-9-25-13-7-8-14-12(10-13)11-26-19(14)18-15-4-1-2-5-16(15)21-20(18)24/h1-2,4-5,7-8,10H,3,6,9,11H2,(H,21,24)(H,22,23)/b19-18+. The molecule has 2 aromatic rings. The average molecular weight is 351 g/mol. The van der Waals surface area contributed by atoms with Gasteiger partial charge >= 0.3 is 5.97 Å². The van der Waals surface area contributed by atoms with Crippen molar-refractivity contribution in [1.29, 1.82) is 0 Å². The number of hydrogen-bond donors (Lipinski definition) is 2. The maximum atomic E-state index is 12.4. The molecule has 4 rings (SSSR count). The first-order chi connectivity index (χ1) is 12.6. The van der Waals surface area contributed by atoms with Crippen molar-refractivity contribution in [2.75, 3.05) is 11.9 Å². The Morgan fingerprint density at radius 1 is 1.19 bits per heavy atom. The Morgan fingerprint density at radius 2 is 2.04 bits per heavy atom. The van der Waals surface area contributed by atoms with E-state index in [0.29, 0.717) is 36.7 Å². The number of amides is 1. The van der Waals surface area contributed by atoms with E-state index in [9.17, 15) is 9.59 Å². The molecule has 0 saturated heterocycles. The number of carbonyl (C=O) groups is 2. The molecule has 0 unspecified atom stereocenters. The van der Waals surface area contributed by atoms with Crippen LogP contribution >= 0.6 is 0 Å². The number of carboxylic acids is 1. The second-order valence-corrected chi connectivity index (χ2v) is 6.16. The van der Waals surface area contributed by atoms with E-state index in [1.165, 1.54) is 0 Å². The maximum Gasteiger partial charge on any atom is 0.303 e. The first kappa shape index (κ1) is 16.2. The van der Waals surface area contributed by atoms with Gasteiger partial charge in [-0.15, -0.1) is 0 Å². The third-order valence-corrected chi connectivity index (χ3v) is 4.40. The number of nitrogens with one attached hydrogen (secondary N) is 1. The topological polar surface area (TPSA) is 84.9 Å². The Morgan fingerprint density at radius 3 is 2.88 bits per heavy atom. The predicted octanol–water partition coefficient (Wildman–Crippen LogP) is 3.28. The van der Waals surface area contributed by atoms with Crippen molar-refractivity contribution in [3.05, 3.63) is 59.2 Å². The molecular weight excluding hydrogens is 334 g/mol. The van der Waals surface area contributed by atoms with Crippen LogP contribution in [0.4, 0.5) is 5.69 Å². The van der Waals surface area contributed by atoms with Gasteiger partial charge in [0.05, 0.1) is 12.2 Å². The van der Waals surface area contributed by atoms with Gasteiger partial charge in [0.15, 0.2) is 0 Å². The minimum Gasteiger partial charge on any atom is -0.494 e. The Kier molecular flexibility index (Phi) is 4.08. The second kappa shape index (κ2) is 6.55. The molecule has 0 bridgehead atoms. The molecule has 2 N–H and O–H groups in total. The summed E-state index contributed by atoms with van der Waals surface area (Å²) < 4.78 is 11.4. The van der Waals surface area contributed by atoms with E-state index >= 15 is 0 Å². The zero-order chi connectivity index (χ0) is 18.1. The molecule has 0 radical (unpaired) electrons. The lowest BCUT2D eigenvalue weighted by Crippen LogP contribution is -2.05. The molecule has 132 valence electrons. The Labute approximate surface area is 150 Å². The largest absolute Gasteiger partial charge is 0.494 e. The number of rotatable bonds is 5. The molecule has 2 aromatic carbocycles. The van der Waals surface area contributed by atoms with Crippen LogP contribution in [-0.2, 0) is 20.9 Å². The molecule has 0 fully saturated rings. The molecule has 6 heteroatoms. The summed E-state index contributed by atoms with van der Waals surface area (Å²) in [6.07, 6.45) is 0.536. The third-order valence-electron chi connectivity index (χ3n) is 4.40. The highest BCUT2D eigenvalue weighted by Crippen LogP contribution is 2.42. The van der Waals surface area contributed by atoms with E-state index in [4.69, 9.17) is 14.6 Å². The first-order valence-corrected chi connectivity index (χ1v) is 8.39. The second-order valence-electron chi connectivity index (χ2n) is 6.16. The van der Waals surface area contributed by atoms with Gasteiger partial charge in [-0.2, -0.15) is 0 Å². The molecule has 0 aliphatic carbocycles. The lowest BCUT2D eigenvalue weighted by Gasteiger charge is -2.07. The smallest absolute Gasteiger partial charge is 0.303 e. The molecule has 2 aliphatic rings. The van der Waals surface area contributed by atoms with Crippen LogP contribution in [-0.4, -0.2) is 23.6 Å². The van der Waals surface area contributed by atoms with Crippen LogP contribution in [0.2, 0.25) is 0 Å². The van der Waals surface area contributed by atoms with Crippen LogP contribution in [0.3, 0.4) is 0 Å². The van der Waals surface area contributed by atoms with E-state index in [2.05, 4.69) is 5.32 Å². The van der Waals surface area contributed by atoms with Crippen molar-refractivity contribution in [1.82, 2.24) is 0 Å². The Balaban J connectivity index is 1.59. The molecule has 2 heterocycles. The summed E-state index contributed by atoms with van der Waals surface area (Å²) in [5, 5.41) is 11.5. The SMILES string of the molecule is O=C(O)CCCOc1ccc2c(c1)CO/C2=C1/C(=O)Nc2ccccc21. The molecule has 0 atom stereocenters. The van der Waals surface area contributed by atoms with Crippen molar-refractivity contribution in [2.45, 2.75) is 19.4 Å². The highest BCUT2D eigenvalue weighted by atomic mass is 16.5. The van der Waals surface area contributed by atoms with Gasteiger partial charge in [-0.1, -0.05) is 18.2 Å². The molecule has 0 aromatic heterocycles. The zero-order valence-corrected chi connectivity index (χ0v) is 14.0. The fourth-order valence-corrected chi connectivity index (χ4v) is 3.19. The average Bonchev–Trinajstić information content (AvgIpc) is 3.17. The van der Waals surface area contributed by atoms with Crippen LogP contribution in [0, 0.1) is 0 Å². The van der Waals surface area contributed by atoms with E-state index in [1.54, 1.807) is 0 Å². The Hall–Kier alpha value is -3.28. The zero-order valence-electron chi connectivity index (χ0n) is 14.0. The van der Waals surface area contributed by atoms with E-state index in [1.807, 2.05) is 42.5 Å². The molecule has 1 amide bonds. The minimum absolute atomic E-state index is 0.0822. The van der Waals surface area contributed by atoms with Crippen molar-refractivity contribution in [3.8, 4) is 5.75 Å². The number of benzene rings is 2. The van der Waals surface area contributed by atoms with Crippen molar-refractivity contribution in [2.24, 2.45) is 0 Å². The lowest BCUT2D eigenvalue weighted by molar-refractivity contribution is -0.137. The van der Waals surface area contributed by atoms with Gasteiger partial charge in [0.2, 0.25) is 0 Å². The van der Waals surface area contributed by atoms with E-state index in [0.717, 1.165) is 22.4 Å². The summed E-state index contributed by atoms with van der Waals surface area (Å²) in [7, 11) is 0. The molecule has 0 spiro atoms. The van der Waals surface area contributed by atoms with Crippen LogP contribution in [0.15, 0.2) is 42.5 Å². The van der Waals surface area contributed by atoms with Crippen molar-refractivity contribution < 1.29 is 24.2 Å². The van der Waals surface area contributed by atoms with Gasteiger partial charge in [0, 0.05) is 28.8 Å². The number of carboxylic acid groups (broad SMARTS) is 1. The number of aliphatic carboxylic acids is 1. The molecular formula is C20H17NO5. The van der Waals surface area contributed by atoms with Gasteiger partial charge in [-0.05, 0) is 30.7 Å². The van der Waals surface area contributed by atoms with Gasteiger partial charge in [-0.25, -0.2) is 0 Å². The Bertz CT molecular complexity index is 932. The summed E-state index contributed by atoms with van der Waals surface area (Å²) >= 11 is 0. The van der Waals surface area contributed by atoms with Crippen molar-refractivity contribution >= 4 is 28.9 Å². The lowest BCUT2D eigenvalue weighted by atomic mass is 10.0. The maximum absolute atomic E-state index is 12.4. The molecule has 0 saturated carbocycles. The molecule has 2 aliphatic heterocycles. The predicted molar refractivity (Wildman–Crippen MR) is 95.5 cm³/mol. The van der Waals surface area contributed by atoms with Gasteiger partial charge in [0.25, 0.3) is 5.91 Å². The summed E-state index contributed by atoms with van der Waals surface area (Å²) in [5.74, 6) is 0.255. The van der Waals surface area contributed by atoms with Gasteiger partial charge in [0.1, 0.15) is 18.1 Å². The highest BCUT2D eigenvalue weighted by molar-refractivity contribution is 6.36. The van der Waals surface area contributed by atoms with Gasteiger partial charge in [-0.3, -0.25) is 9.59 Å². The molecule has 26 heavy (non-hydrogen) atoms. The number of anilines is 1. The van der Waals surface area contributed by atoms with Crippen LogP contribution in [0.5, 0.6) is 5.75 Å². The van der Waals surface area contributed by atoms with Crippen LogP contribution in [0.1, 0.15) is 29.5 Å². The fourth-order valence-electron chi connectivity index (χ4n) is 3.19. The number of ether oxygens (including phenoxy) is 2. The van der Waals surface area contributed by atoms with E-state index in [-0.39, 0.29) is 12.3 Å². The quantitative estimate of drug-likeness (QED) is 0.638. The number of carbonyl (C=O) groups excluding carboxylic acids is 1. The highest BCUT2D eigenvalue weighted by Gasteiger charge is 2.32. The number of para-hydroxylation sites is 1. The normalized spacial score (nSPS) is 17.3. The van der Waals surface area contributed by atoms with Crippen LogP contribution in [0.25, 0.3) is 11.3 Å². The number of fused-ring (bicyclic) bond motifs is 2. The van der Waals surface area contributed by atoms with Gasteiger partial charge < -0.3 is 19.9 Å². The molecule has 6 nitrogen and oxygen atoms in total. The number of hydrogen-bond acceptors (Lipinski definition) is 4. The summed E-state index contributed by atoms with van der Waals surface area (Å²) in [6, 6.07) is 13.1. The van der Waals surface area contributed by atoms with E-state index < -0.39 is 5.97 Å². The third kappa shape index (κ3) is 2.90.